The zero-order valence-electron chi connectivity index (χ0n) is 26.1. The highest BCUT2D eigenvalue weighted by Gasteiger charge is 2.22. The number of carbonyl (C=O) groups excluding carboxylic acids is 2. The van der Waals surface area contributed by atoms with Gasteiger partial charge in [-0.1, -0.05) is 31.5 Å². The van der Waals surface area contributed by atoms with E-state index in [9.17, 15) is 9.59 Å². The van der Waals surface area contributed by atoms with Crippen molar-refractivity contribution >= 4 is 19.9 Å². The van der Waals surface area contributed by atoms with Crippen LogP contribution in [-0.4, -0.2) is 120 Å². The molecule has 224 valence electrons. The Kier molecular flexibility index (Phi) is 11.6. The summed E-state index contributed by atoms with van der Waals surface area (Å²) in [4.78, 5) is 33.2. The fourth-order valence-corrected chi connectivity index (χ4v) is 5.02. The second kappa shape index (κ2) is 14.9. The zero-order valence-corrected chi connectivity index (χ0v) is 27.1. The van der Waals surface area contributed by atoms with Crippen molar-refractivity contribution < 1.29 is 19.1 Å². The van der Waals surface area contributed by atoms with Crippen LogP contribution in [0.2, 0.25) is 19.6 Å². The Balaban J connectivity index is 0.000000235. The fraction of sp³-hybridized carbons (Fsp3) is 0.455. The Morgan fingerprint density at radius 1 is 0.714 bits per heavy atom. The molecule has 0 bridgehead atoms. The normalized spacial score (nSPS) is 15.9. The number of terminal acetylenes is 1. The van der Waals surface area contributed by atoms with Crippen molar-refractivity contribution in [3.05, 3.63) is 58.7 Å². The van der Waals surface area contributed by atoms with Gasteiger partial charge in [0.15, 0.2) is 0 Å². The molecule has 2 aliphatic rings. The summed E-state index contributed by atoms with van der Waals surface area (Å²) in [6, 6.07) is 10.8. The smallest absolute Gasteiger partial charge is 0.254 e. The lowest BCUT2D eigenvalue weighted by molar-refractivity contribution is 0.0657. The van der Waals surface area contributed by atoms with Crippen LogP contribution < -0.4 is 9.47 Å². The predicted octanol–water partition coefficient (Wildman–Crippen LogP) is 3.38. The highest BCUT2D eigenvalue weighted by Crippen LogP contribution is 2.22. The molecule has 2 fully saturated rings. The number of carbonyl (C=O) groups is 2. The van der Waals surface area contributed by atoms with Gasteiger partial charge in [0.1, 0.15) is 19.6 Å². The van der Waals surface area contributed by atoms with Gasteiger partial charge in [-0.2, -0.15) is 0 Å². The van der Waals surface area contributed by atoms with Crippen molar-refractivity contribution in [2.45, 2.75) is 19.6 Å². The van der Waals surface area contributed by atoms with E-state index in [4.69, 9.17) is 15.9 Å². The lowest BCUT2D eigenvalue weighted by Gasteiger charge is -2.32. The number of likely N-dealkylation sites (N-methyl/N-ethyl adjacent to an activating group) is 2. The van der Waals surface area contributed by atoms with Gasteiger partial charge in [-0.3, -0.25) is 9.59 Å². The first-order valence-electron chi connectivity index (χ1n) is 14.3. The SMILES string of the molecule is C#Cc1ccc(C(=O)N2CCN(C)CC2)cc1OC.COc1cc(C(=O)N2CCN(C)CC2)ccc1C#C[Si](C)(C)C. The van der Waals surface area contributed by atoms with Gasteiger partial charge in [-0.05, 0) is 50.5 Å². The first kappa shape index (κ1) is 32.7. The molecule has 42 heavy (non-hydrogen) atoms. The molecule has 0 spiro atoms. The number of ether oxygens (including phenoxy) is 2. The molecule has 0 atom stereocenters. The van der Waals surface area contributed by atoms with E-state index in [2.05, 4.69) is 60.9 Å². The van der Waals surface area contributed by atoms with Crippen molar-refractivity contribution in [2.75, 3.05) is 80.7 Å². The summed E-state index contributed by atoms with van der Waals surface area (Å²) in [6.45, 7) is 13.3. The molecule has 2 amide bonds. The van der Waals surface area contributed by atoms with Gasteiger partial charge in [0.2, 0.25) is 0 Å². The van der Waals surface area contributed by atoms with Crippen LogP contribution in [0.25, 0.3) is 0 Å². The van der Waals surface area contributed by atoms with Crippen molar-refractivity contribution in [3.8, 4) is 35.3 Å². The molecule has 2 aliphatic heterocycles. The highest BCUT2D eigenvalue weighted by molar-refractivity contribution is 6.83. The second-order valence-electron chi connectivity index (χ2n) is 11.7. The quantitative estimate of drug-likeness (QED) is 0.403. The van der Waals surface area contributed by atoms with Crippen molar-refractivity contribution in [1.82, 2.24) is 19.6 Å². The van der Waals surface area contributed by atoms with Crippen LogP contribution in [0, 0.1) is 23.8 Å². The molecule has 0 radical (unpaired) electrons. The van der Waals surface area contributed by atoms with E-state index < -0.39 is 8.07 Å². The first-order valence-corrected chi connectivity index (χ1v) is 17.8. The maximum absolute atomic E-state index is 12.6. The monoisotopic (exact) mass is 588 g/mol. The van der Waals surface area contributed by atoms with Gasteiger partial charge in [0.05, 0.1) is 25.3 Å². The number of methoxy groups -OCH3 is 2. The van der Waals surface area contributed by atoms with Gasteiger partial charge in [-0.25, -0.2) is 0 Å². The highest BCUT2D eigenvalue weighted by atomic mass is 28.3. The summed E-state index contributed by atoms with van der Waals surface area (Å²) in [5.74, 6) is 7.11. The number of benzene rings is 2. The standard InChI is InChI=1S/C18H26N2O2Si.C15H18N2O2/c1-19-9-11-20(12-10-19)18(21)16-7-6-15(17(14-16)22-2)8-13-23(3,4)5;1-4-12-5-6-13(11-14(12)19-3)15(18)17-9-7-16(2)8-10-17/h6-7,14H,9-12H2,1-5H3;1,5-6,11H,7-10H2,2-3H3. The van der Waals surface area contributed by atoms with Crippen LogP contribution in [0.3, 0.4) is 0 Å². The minimum Gasteiger partial charge on any atom is -0.495 e. The van der Waals surface area contributed by atoms with Gasteiger partial charge in [0, 0.05) is 63.5 Å². The van der Waals surface area contributed by atoms with E-state index in [1.54, 1.807) is 32.4 Å². The minimum absolute atomic E-state index is 0.0370. The van der Waals surface area contributed by atoms with Crippen LogP contribution in [0.5, 0.6) is 11.5 Å². The summed E-state index contributed by atoms with van der Waals surface area (Å²) in [7, 11) is 5.88. The number of rotatable bonds is 4. The van der Waals surface area contributed by atoms with E-state index in [0.29, 0.717) is 28.2 Å². The van der Waals surface area contributed by atoms with Crippen LogP contribution in [0.1, 0.15) is 31.8 Å². The van der Waals surface area contributed by atoms with E-state index in [1.165, 1.54) is 0 Å². The Morgan fingerprint density at radius 2 is 1.12 bits per heavy atom. The minimum atomic E-state index is -1.44. The fourth-order valence-electron chi connectivity index (χ4n) is 4.51. The topological polar surface area (TPSA) is 65.6 Å². The second-order valence-corrected chi connectivity index (χ2v) is 16.4. The molecule has 2 aromatic rings. The Labute approximate surface area is 252 Å². The van der Waals surface area contributed by atoms with E-state index in [1.807, 2.05) is 28.0 Å². The molecule has 0 aliphatic carbocycles. The number of piperazine rings is 2. The molecule has 0 aromatic heterocycles. The van der Waals surface area contributed by atoms with Gasteiger partial charge in [0.25, 0.3) is 11.8 Å². The predicted molar refractivity (Wildman–Crippen MR) is 171 cm³/mol. The first-order chi connectivity index (χ1) is 19.9. The lowest BCUT2D eigenvalue weighted by Crippen LogP contribution is -2.47. The van der Waals surface area contributed by atoms with Crippen molar-refractivity contribution in [1.29, 1.82) is 0 Å². The van der Waals surface area contributed by atoms with Crippen LogP contribution in [-0.2, 0) is 0 Å². The molecule has 2 heterocycles. The summed E-state index contributed by atoms with van der Waals surface area (Å²) in [5, 5.41) is 0. The number of hydrogen-bond acceptors (Lipinski definition) is 6. The molecule has 0 unspecified atom stereocenters. The van der Waals surface area contributed by atoms with Crippen LogP contribution >= 0.6 is 0 Å². The molecule has 8 nitrogen and oxygen atoms in total. The molecule has 9 heteroatoms. The van der Waals surface area contributed by atoms with Crippen LogP contribution in [0.15, 0.2) is 36.4 Å². The average Bonchev–Trinajstić information content (AvgIpc) is 2.99. The number of amides is 2. The largest absolute Gasteiger partial charge is 0.495 e. The molecule has 2 saturated heterocycles. The third kappa shape index (κ3) is 9.12. The summed E-state index contributed by atoms with van der Waals surface area (Å²) in [6.07, 6.45) is 5.38. The molecule has 4 rings (SSSR count). The van der Waals surface area contributed by atoms with E-state index in [-0.39, 0.29) is 11.8 Å². The molecular formula is C33H44N4O4Si. The maximum atomic E-state index is 12.6. The molecule has 0 saturated carbocycles. The Hall–Kier alpha value is -3.76. The third-order valence-corrected chi connectivity index (χ3v) is 8.08. The van der Waals surface area contributed by atoms with Gasteiger partial charge < -0.3 is 29.1 Å². The maximum Gasteiger partial charge on any atom is 0.254 e. The van der Waals surface area contributed by atoms with Crippen molar-refractivity contribution in [3.63, 3.8) is 0 Å². The zero-order chi connectivity index (χ0) is 30.9. The number of hydrogen-bond donors (Lipinski definition) is 0. The molecular weight excluding hydrogens is 544 g/mol. The van der Waals surface area contributed by atoms with E-state index >= 15 is 0 Å². The summed E-state index contributed by atoms with van der Waals surface area (Å²) < 4.78 is 10.6. The van der Waals surface area contributed by atoms with Crippen molar-refractivity contribution in [2.24, 2.45) is 0 Å². The Morgan fingerprint density at radius 3 is 1.50 bits per heavy atom. The molecule has 2 aromatic carbocycles. The van der Waals surface area contributed by atoms with Gasteiger partial charge >= 0.3 is 0 Å². The molecule has 0 N–H and O–H groups in total. The van der Waals surface area contributed by atoms with E-state index in [0.717, 1.165) is 57.9 Å². The summed E-state index contributed by atoms with van der Waals surface area (Å²) >= 11 is 0. The average molecular weight is 589 g/mol. The number of nitrogens with zero attached hydrogens (tertiary/aromatic N) is 4. The Bertz CT molecular complexity index is 1350. The van der Waals surface area contributed by atoms with Crippen LogP contribution in [0.4, 0.5) is 0 Å². The van der Waals surface area contributed by atoms with Gasteiger partial charge in [-0.15, -0.1) is 12.0 Å². The summed E-state index contributed by atoms with van der Waals surface area (Å²) in [5.41, 5.74) is 6.15. The third-order valence-electron chi connectivity index (χ3n) is 7.21. The lowest BCUT2D eigenvalue weighted by atomic mass is 10.1.